The molecule has 0 saturated carbocycles. The molecule has 1 unspecified atom stereocenters. The van der Waals surface area contributed by atoms with E-state index in [1.165, 1.54) is 10.6 Å². The van der Waals surface area contributed by atoms with Gasteiger partial charge < -0.3 is 9.64 Å². The van der Waals surface area contributed by atoms with Crippen LogP contribution in [0.25, 0.3) is 0 Å². The molecule has 0 N–H and O–H groups in total. The fraction of sp³-hybridized carbons (Fsp3) is 0.900. The van der Waals surface area contributed by atoms with Crippen LogP contribution in [0, 0.1) is 5.92 Å². The third kappa shape index (κ3) is 2.97. The van der Waals surface area contributed by atoms with Crippen molar-refractivity contribution in [1.29, 1.82) is 0 Å². The van der Waals surface area contributed by atoms with Gasteiger partial charge in [0, 0.05) is 32.8 Å². The largest absolute Gasteiger partial charge is 0.381 e. The maximum Gasteiger partial charge on any atom is 0.228 e. The summed E-state index contributed by atoms with van der Waals surface area (Å²) >= 11 is 0. The van der Waals surface area contributed by atoms with Gasteiger partial charge in [0.2, 0.25) is 15.9 Å². The lowest BCUT2D eigenvalue weighted by atomic mass is 10.1. The summed E-state index contributed by atoms with van der Waals surface area (Å²) in [7, 11) is -3.12. The molecule has 0 bridgehead atoms. The lowest BCUT2D eigenvalue weighted by Gasteiger charge is -2.34. The predicted molar refractivity (Wildman–Crippen MR) is 61.9 cm³/mol. The number of hydrogen-bond acceptors (Lipinski definition) is 4. The van der Waals surface area contributed by atoms with Crippen LogP contribution in [-0.2, 0) is 19.6 Å². The summed E-state index contributed by atoms with van der Waals surface area (Å²) < 4.78 is 29.3. The minimum atomic E-state index is -3.12. The molecule has 98 valence electrons. The molecule has 0 aliphatic carbocycles. The topological polar surface area (TPSA) is 66.9 Å². The van der Waals surface area contributed by atoms with E-state index in [0.29, 0.717) is 39.4 Å². The molecule has 17 heavy (non-hydrogen) atoms. The molecule has 2 heterocycles. The smallest absolute Gasteiger partial charge is 0.228 e. The van der Waals surface area contributed by atoms with Gasteiger partial charge in [-0.1, -0.05) is 0 Å². The Hall–Kier alpha value is -0.660. The standard InChI is InChI=1S/C10H18N2O4S/c1-17(14,15)12-5-3-11(4-6-12)10(13)9-2-7-16-8-9/h9H,2-8H2,1H3. The second-order valence-corrected chi connectivity index (χ2v) is 6.53. The van der Waals surface area contributed by atoms with Crippen molar-refractivity contribution in [2.75, 3.05) is 45.6 Å². The zero-order valence-electron chi connectivity index (χ0n) is 9.96. The highest BCUT2D eigenvalue weighted by molar-refractivity contribution is 7.88. The van der Waals surface area contributed by atoms with Crippen molar-refractivity contribution in [3.8, 4) is 0 Å². The normalized spacial score (nSPS) is 27.4. The van der Waals surface area contributed by atoms with E-state index >= 15 is 0 Å². The van der Waals surface area contributed by atoms with Crippen molar-refractivity contribution in [1.82, 2.24) is 9.21 Å². The second-order valence-electron chi connectivity index (χ2n) is 4.55. The minimum Gasteiger partial charge on any atom is -0.381 e. The maximum absolute atomic E-state index is 12.0. The van der Waals surface area contributed by atoms with Gasteiger partial charge in [0.05, 0.1) is 18.8 Å². The van der Waals surface area contributed by atoms with Crippen LogP contribution >= 0.6 is 0 Å². The van der Waals surface area contributed by atoms with Gasteiger partial charge in [0.1, 0.15) is 0 Å². The van der Waals surface area contributed by atoms with Crippen LogP contribution in [-0.4, -0.2) is 69.2 Å². The van der Waals surface area contributed by atoms with Gasteiger partial charge >= 0.3 is 0 Å². The highest BCUT2D eigenvalue weighted by Crippen LogP contribution is 2.17. The number of hydrogen-bond donors (Lipinski definition) is 0. The molecule has 0 aromatic heterocycles. The van der Waals surface area contributed by atoms with Crippen molar-refractivity contribution in [2.45, 2.75) is 6.42 Å². The van der Waals surface area contributed by atoms with E-state index in [9.17, 15) is 13.2 Å². The second kappa shape index (κ2) is 4.91. The Morgan fingerprint density at radius 1 is 1.24 bits per heavy atom. The van der Waals surface area contributed by atoms with E-state index < -0.39 is 10.0 Å². The molecule has 0 radical (unpaired) electrons. The van der Waals surface area contributed by atoms with E-state index in [1.54, 1.807) is 4.90 Å². The van der Waals surface area contributed by atoms with Gasteiger partial charge in [-0.3, -0.25) is 4.79 Å². The SMILES string of the molecule is CS(=O)(=O)N1CCN(C(=O)C2CCOC2)CC1. The third-order valence-electron chi connectivity index (χ3n) is 3.30. The van der Waals surface area contributed by atoms with Crippen LogP contribution < -0.4 is 0 Å². The number of amides is 1. The summed E-state index contributed by atoms with van der Waals surface area (Å²) in [5.74, 6) is 0.0791. The first-order valence-electron chi connectivity index (χ1n) is 5.80. The van der Waals surface area contributed by atoms with Crippen LogP contribution in [0.15, 0.2) is 0 Å². The van der Waals surface area contributed by atoms with Crippen molar-refractivity contribution in [2.24, 2.45) is 5.92 Å². The van der Waals surface area contributed by atoms with Gasteiger partial charge in [-0.05, 0) is 6.42 Å². The molecular weight excluding hydrogens is 244 g/mol. The number of carbonyl (C=O) groups is 1. The average Bonchev–Trinajstić information content (AvgIpc) is 2.80. The first-order valence-corrected chi connectivity index (χ1v) is 7.65. The average molecular weight is 262 g/mol. The summed E-state index contributed by atoms with van der Waals surface area (Å²) in [4.78, 5) is 13.8. The molecule has 2 rings (SSSR count). The third-order valence-corrected chi connectivity index (χ3v) is 4.60. The molecule has 1 amide bonds. The van der Waals surface area contributed by atoms with E-state index in [2.05, 4.69) is 0 Å². The number of rotatable bonds is 2. The quantitative estimate of drug-likeness (QED) is 0.648. The van der Waals surface area contributed by atoms with Crippen molar-refractivity contribution in [3.05, 3.63) is 0 Å². The Morgan fingerprint density at radius 2 is 1.88 bits per heavy atom. The van der Waals surface area contributed by atoms with Crippen molar-refractivity contribution in [3.63, 3.8) is 0 Å². The Labute approximate surface area is 102 Å². The summed E-state index contributed by atoms with van der Waals surface area (Å²) in [6, 6.07) is 0. The van der Waals surface area contributed by atoms with E-state index in [0.717, 1.165) is 6.42 Å². The first kappa shape index (κ1) is 12.8. The number of nitrogens with zero attached hydrogens (tertiary/aromatic N) is 2. The predicted octanol–water partition coefficient (Wildman–Crippen LogP) is -0.873. The fourth-order valence-corrected chi connectivity index (χ4v) is 3.05. The molecule has 1 atom stereocenters. The van der Waals surface area contributed by atoms with Crippen LogP contribution in [0.3, 0.4) is 0 Å². The molecule has 2 saturated heterocycles. The summed E-state index contributed by atoms with van der Waals surface area (Å²) in [6.45, 7) is 2.94. The van der Waals surface area contributed by atoms with Gasteiger partial charge in [-0.15, -0.1) is 0 Å². The lowest BCUT2D eigenvalue weighted by Crippen LogP contribution is -2.51. The van der Waals surface area contributed by atoms with Crippen molar-refractivity contribution < 1.29 is 17.9 Å². The highest BCUT2D eigenvalue weighted by atomic mass is 32.2. The molecular formula is C10H18N2O4S. The lowest BCUT2D eigenvalue weighted by molar-refractivity contribution is -0.136. The molecule has 0 aromatic rings. The fourth-order valence-electron chi connectivity index (χ4n) is 2.23. The summed E-state index contributed by atoms with van der Waals surface area (Å²) in [6.07, 6.45) is 1.99. The van der Waals surface area contributed by atoms with Crippen LogP contribution in [0.1, 0.15) is 6.42 Å². The molecule has 0 aromatic carbocycles. The van der Waals surface area contributed by atoms with E-state index in [1.807, 2.05) is 0 Å². The Morgan fingerprint density at radius 3 is 2.35 bits per heavy atom. The molecule has 2 fully saturated rings. The van der Waals surface area contributed by atoms with Gasteiger partial charge in [-0.2, -0.15) is 4.31 Å². The molecule has 7 heteroatoms. The van der Waals surface area contributed by atoms with E-state index in [-0.39, 0.29) is 11.8 Å². The summed E-state index contributed by atoms with van der Waals surface area (Å²) in [5.41, 5.74) is 0. The molecule has 2 aliphatic rings. The number of ether oxygens (including phenoxy) is 1. The minimum absolute atomic E-state index is 0.0280. The monoisotopic (exact) mass is 262 g/mol. The molecule has 6 nitrogen and oxygen atoms in total. The van der Waals surface area contributed by atoms with E-state index in [4.69, 9.17) is 4.74 Å². The maximum atomic E-state index is 12.0. The van der Waals surface area contributed by atoms with Crippen LogP contribution in [0.2, 0.25) is 0 Å². The number of carbonyl (C=O) groups excluding carboxylic acids is 1. The summed E-state index contributed by atoms with van der Waals surface area (Å²) in [5, 5.41) is 0. The van der Waals surface area contributed by atoms with Crippen LogP contribution in [0.4, 0.5) is 0 Å². The van der Waals surface area contributed by atoms with Gasteiger partial charge in [-0.25, -0.2) is 8.42 Å². The van der Waals surface area contributed by atoms with Crippen molar-refractivity contribution >= 4 is 15.9 Å². The van der Waals surface area contributed by atoms with Crippen LogP contribution in [0.5, 0.6) is 0 Å². The zero-order valence-corrected chi connectivity index (χ0v) is 10.8. The van der Waals surface area contributed by atoms with Gasteiger partial charge in [0.15, 0.2) is 0 Å². The zero-order chi connectivity index (χ0) is 12.5. The Kier molecular flexibility index (Phi) is 3.70. The number of sulfonamides is 1. The van der Waals surface area contributed by atoms with Gasteiger partial charge in [0.25, 0.3) is 0 Å². The Balaban J connectivity index is 1.88. The highest BCUT2D eigenvalue weighted by Gasteiger charge is 2.31. The number of piperazine rings is 1. The Bertz CT molecular complexity index is 381. The molecule has 0 spiro atoms. The first-order chi connectivity index (χ1) is 7.98. The molecule has 2 aliphatic heterocycles.